The highest BCUT2D eigenvalue weighted by Crippen LogP contribution is 2.03. The first-order valence-corrected chi connectivity index (χ1v) is 5.12. The third-order valence-corrected chi connectivity index (χ3v) is 1.76. The third-order valence-electron chi connectivity index (χ3n) is 0.813. The zero-order valence-corrected chi connectivity index (χ0v) is 9.31. The van der Waals surface area contributed by atoms with Gasteiger partial charge in [-0.3, -0.25) is 0 Å². The molecule has 0 amide bonds. The van der Waals surface area contributed by atoms with Gasteiger partial charge in [-0.2, -0.15) is 0 Å². The van der Waals surface area contributed by atoms with Crippen LogP contribution in [-0.2, 0) is 0 Å². The highest BCUT2D eigenvalue weighted by atomic mass is 28.1. The van der Waals surface area contributed by atoms with Gasteiger partial charge < -0.3 is 5.11 Å². The van der Waals surface area contributed by atoms with Crippen LogP contribution in [0.1, 0.15) is 13.3 Å². The Kier molecular flexibility index (Phi) is 3.59. The number of hydrogen-bond acceptors (Lipinski definition) is 1. The Morgan fingerprint density at radius 2 is 2.00 bits per heavy atom. The first-order valence-electron chi connectivity index (χ1n) is 2.81. The van der Waals surface area contributed by atoms with E-state index < -0.39 is 0 Å². The minimum Gasteiger partial charge on any atom is -0.398 e. The van der Waals surface area contributed by atoms with Crippen molar-refractivity contribution in [1.29, 1.82) is 0 Å². The zero-order valence-electron chi connectivity index (χ0n) is 5.31. The molecule has 0 aliphatic rings. The smallest absolute Gasteiger partial charge is 0.0388 e. The van der Waals surface area contributed by atoms with Crippen molar-refractivity contribution in [3.8, 4) is 0 Å². The minimum absolute atomic E-state index is 0.0486. The molecule has 1 nitrogen and oxygen atoms in total. The summed E-state index contributed by atoms with van der Waals surface area (Å²) in [6.07, 6.45) is 1.04. The van der Waals surface area contributed by atoms with Crippen molar-refractivity contribution in [3.63, 3.8) is 0 Å². The standard InChI is InChI=1S/C4H14OSi2/c1-3(6)2-4(5)7/h3-5H,2H2,1,6-7H3. The van der Waals surface area contributed by atoms with E-state index >= 15 is 0 Å². The number of aliphatic hydroxyl groups is 1. The maximum absolute atomic E-state index is 8.81. The number of hydrogen-bond donors (Lipinski definition) is 1. The van der Waals surface area contributed by atoms with Crippen molar-refractivity contribution in [1.82, 2.24) is 0 Å². The predicted molar refractivity (Wildman–Crippen MR) is 39.9 cm³/mol. The molecule has 2 unspecified atom stereocenters. The van der Waals surface area contributed by atoms with Gasteiger partial charge in [0.1, 0.15) is 0 Å². The van der Waals surface area contributed by atoms with Crippen LogP contribution in [0.2, 0.25) is 5.54 Å². The first-order chi connectivity index (χ1) is 3.13. The van der Waals surface area contributed by atoms with E-state index in [4.69, 9.17) is 5.11 Å². The molecule has 1 N–H and O–H groups in total. The molecule has 7 heavy (non-hydrogen) atoms. The van der Waals surface area contributed by atoms with Gasteiger partial charge in [-0.05, 0) is 6.42 Å². The van der Waals surface area contributed by atoms with E-state index in [1.807, 2.05) is 0 Å². The number of aliphatic hydroxyl groups excluding tert-OH is 1. The Labute approximate surface area is 51.0 Å². The van der Waals surface area contributed by atoms with E-state index in [-0.39, 0.29) is 5.73 Å². The molecule has 0 bridgehead atoms. The lowest BCUT2D eigenvalue weighted by molar-refractivity contribution is 0.244. The van der Waals surface area contributed by atoms with E-state index in [1.54, 1.807) is 0 Å². The molecule has 2 atom stereocenters. The third kappa shape index (κ3) is 6.39. The molecule has 0 rings (SSSR count). The summed E-state index contributed by atoms with van der Waals surface area (Å²) >= 11 is 0. The summed E-state index contributed by atoms with van der Waals surface area (Å²) in [6, 6.07) is 0. The van der Waals surface area contributed by atoms with E-state index in [2.05, 4.69) is 6.92 Å². The van der Waals surface area contributed by atoms with Crippen LogP contribution in [0.3, 0.4) is 0 Å². The fourth-order valence-electron chi connectivity index (χ4n) is 0.682. The highest BCUT2D eigenvalue weighted by molar-refractivity contribution is 6.14. The van der Waals surface area contributed by atoms with Crippen LogP contribution >= 0.6 is 0 Å². The molecule has 44 valence electrons. The van der Waals surface area contributed by atoms with Crippen molar-refractivity contribution in [2.24, 2.45) is 0 Å². The monoisotopic (exact) mass is 134 g/mol. The lowest BCUT2D eigenvalue weighted by Crippen LogP contribution is -2.07. The Bertz CT molecular complexity index is 39.0. The lowest BCUT2D eigenvalue weighted by Gasteiger charge is -2.04. The van der Waals surface area contributed by atoms with Crippen LogP contribution < -0.4 is 0 Å². The second-order valence-electron chi connectivity index (χ2n) is 2.48. The van der Waals surface area contributed by atoms with Crippen LogP contribution in [0.25, 0.3) is 0 Å². The normalized spacial score (nSPS) is 19.7. The Morgan fingerprint density at radius 3 is 2.00 bits per heavy atom. The Hall–Kier alpha value is 0.394. The Balaban J connectivity index is 2.95. The van der Waals surface area contributed by atoms with E-state index in [0.29, 0.717) is 0 Å². The molecular formula is C4H14OSi2. The van der Waals surface area contributed by atoms with Crippen molar-refractivity contribution < 1.29 is 5.11 Å². The fraction of sp³-hybridized carbons (Fsp3) is 1.00. The molecule has 0 spiro atoms. The molecule has 3 heteroatoms. The van der Waals surface area contributed by atoms with Crippen LogP contribution in [-0.4, -0.2) is 31.3 Å². The average Bonchev–Trinajstić information content (AvgIpc) is 1.27. The molecule has 0 saturated heterocycles. The highest BCUT2D eigenvalue weighted by Gasteiger charge is 1.97. The van der Waals surface area contributed by atoms with Crippen molar-refractivity contribution in [3.05, 3.63) is 0 Å². The molecule has 0 aromatic carbocycles. The van der Waals surface area contributed by atoms with E-state index in [1.165, 1.54) is 10.2 Å². The van der Waals surface area contributed by atoms with Crippen LogP contribution in [0, 0.1) is 0 Å². The molecule has 0 aliphatic heterocycles. The van der Waals surface area contributed by atoms with E-state index in [0.717, 1.165) is 22.2 Å². The molecule has 0 aliphatic carbocycles. The van der Waals surface area contributed by atoms with Crippen molar-refractivity contribution in [2.45, 2.75) is 24.6 Å². The van der Waals surface area contributed by atoms with Gasteiger partial charge in [0.05, 0.1) is 0 Å². The molecule has 0 fully saturated rings. The molecule has 0 aromatic heterocycles. The summed E-state index contributed by atoms with van der Waals surface area (Å²) in [5.74, 6) is 0. The molecule has 0 heterocycles. The Morgan fingerprint density at radius 1 is 1.57 bits per heavy atom. The van der Waals surface area contributed by atoms with Gasteiger partial charge in [-0.1, -0.05) is 12.5 Å². The zero-order chi connectivity index (χ0) is 5.86. The molecule has 0 aromatic rings. The van der Waals surface area contributed by atoms with Crippen LogP contribution in [0.4, 0.5) is 0 Å². The average molecular weight is 134 g/mol. The van der Waals surface area contributed by atoms with Gasteiger partial charge in [0, 0.05) is 26.2 Å². The predicted octanol–water partition coefficient (Wildman–Crippen LogP) is -1.77. The van der Waals surface area contributed by atoms with Crippen molar-refractivity contribution in [2.75, 3.05) is 0 Å². The summed E-state index contributed by atoms with van der Waals surface area (Å²) in [6.45, 7) is 2.19. The van der Waals surface area contributed by atoms with Crippen LogP contribution in [0.5, 0.6) is 0 Å². The van der Waals surface area contributed by atoms with Gasteiger partial charge in [-0.25, -0.2) is 0 Å². The summed E-state index contributed by atoms with van der Waals surface area (Å²) in [4.78, 5) is 0. The van der Waals surface area contributed by atoms with Gasteiger partial charge in [0.25, 0.3) is 0 Å². The SMILES string of the molecule is CC([SiH3])CC(O)[SiH3]. The van der Waals surface area contributed by atoms with Crippen LogP contribution in [0.15, 0.2) is 0 Å². The number of rotatable bonds is 2. The molecular weight excluding hydrogens is 120 g/mol. The second kappa shape index (κ2) is 3.40. The van der Waals surface area contributed by atoms with Crippen molar-refractivity contribution >= 4 is 20.5 Å². The minimum atomic E-state index is 0.0486. The largest absolute Gasteiger partial charge is 0.398 e. The topological polar surface area (TPSA) is 20.2 Å². The summed E-state index contributed by atoms with van der Waals surface area (Å²) in [5.41, 5.74) is 0.847. The maximum atomic E-state index is 8.81. The quantitative estimate of drug-likeness (QED) is 0.443. The molecule has 0 radical (unpaired) electrons. The summed E-state index contributed by atoms with van der Waals surface area (Å²) in [7, 11) is 2.17. The van der Waals surface area contributed by atoms with E-state index in [9.17, 15) is 0 Å². The maximum Gasteiger partial charge on any atom is 0.0388 e. The summed E-state index contributed by atoms with van der Waals surface area (Å²) < 4.78 is 0. The second-order valence-corrected chi connectivity index (χ2v) is 5.78. The molecule has 0 saturated carbocycles. The van der Waals surface area contributed by atoms with Gasteiger partial charge >= 0.3 is 0 Å². The van der Waals surface area contributed by atoms with Gasteiger partial charge in [0.15, 0.2) is 0 Å². The van der Waals surface area contributed by atoms with Gasteiger partial charge in [0.2, 0.25) is 0 Å². The lowest BCUT2D eigenvalue weighted by atomic mass is 10.3. The fourth-order valence-corrected chi connectivity index (χ4v) is 3.25. The first kappa shape index (κ1) is 7.39. The summed E-state index contributed by atoms with van der Waals surface area (Å²) in [5, 5.41) is 8.81. The van der Waals surface area contributed by atoms with Gasteiger partial charge in [-0.15, -0.1) is 0 Å².